The van der Waals surface area contributed by atoms with E-state index in [1.165, 1.54) is 0 Å². The third-order valence-corrected chi connectivity index (χ3v) is 5.41. The van der Waals surface area contributed by atoms with Gasteiger partial charge in [-0.25, -0.2) is 9.97 Å². The minimum atomic E-state index is -0.904. The summed E-state index contributed by atoms with van der Waals surface area (Å²) in [6.45, 7) is 5.99. The smallest absolute Gasteiger partial charge is 0.152 e. The molecule has 5 aromatic rings. The van der Waals surface area contributed by atoms with Crippen molar-refractivity contribution in [2.45, 2.75) is 39.3 Å². The van der Waals surface area contributed by atoms with Gasteiger partial charge in [0, 0.05) is 35.3 Å². The van der Waals surface area contributed by atoms with Crippen LogP contribution in [0.5, 0.6) is 0 Å². The zero-order chi connectivity index (χ0) is 21.8. The molecule has 7 heteroatoms. The molecule has 0 radical (unpaired) electrons. The first-order valence-corrected chi connectivity index (χ1v) is 10.4. The fourth-order valence-corrected chi connectivity index (χ4v) is 4.04. The van der Waals surface area contributed by atoms with Crippen molar-refractivity contribution in [1.82, 2.24) is 24.5 Å². The average Bonchev–Trinajstić information content (AvgIpc) is 3.10. The van der Waals surface area contributed by atoms with Crippen LogP contribution in [0.25, 0.3) is 44.1 Å². The van der Waals surface area contributed by atoms with E-state index in [4.69, 9.17) is 15.7 Å². The number of fused-ring (bicyclic) bond motifs is 4. The number of aromatic nitrogens is 5. The van der Waals surface area contributed by atoms with Crippen molar-refractivity contribution in [2.75, 3.05) is 5.73 Å². The number of benzene rings is 1. The molecular formula is C24H24N6O. The second kappa shape index (κ2) is 6.99. The summed E-state index contributed by atoms with van der Waals surface area (Å²) in [6.07, 6.45) is 4.39. The zero-order valence-corrected chi connectivity index (χ0v) is 17.8. The summed E-state index contributed by atoms with van der Waals surface area (Å²) in [5.41, 5.74) is 11.1. The van der Waals surface area contributed by atoms with E-state index in [1.54, 1.807) is 13.8 Å². The zero-order valence-electron chi connectivity index (χ0n) is 17.8. The molecule has 1 aromatic carbocycles. The van der Waals surface area contributed by atoms with Crippen LogP contribution in [-0.4, -0.2) is 35.2 Å². The SMILES string of the molecule is CCc1nc2c(N)nc3cc(-c4cnc5ccccc5c4)cnc3c2n1CC(C)(C)O. The highest BCUT2D eigenvalue weighted by Crippen LogP contribution is 2.31. The third-order valence-electron chi connectivity index (χ3n) is 5.41. The van der Waals surface area contributed by atoms with Crippen LogP contribution in [0.3, 0.4) is 0 Å². The van der Waals surface area contributed by atoms with Gasteiger partial charge in [-0.2, -0.15) is 0 Å². The molecule has 0 aliphatic carbocycles. The Balaban J connectivity index is 1.73. The van der Waals surface area contributed by atoms with E-state index in [1.807, 2.05) is 54.2 Å². The molecule has 0 spiro atoms. The Morgan fingerprint density at radius 2 is 1.71 bits per heavy atom. The van der Waals surface area contributed by atoms with Gasteiger partial charge in [-0.1, -0.05) is 25.1 Å². The fourth-order valence-electron chi connectivity index (χ4n) is 4.04. The first-order chi connectivity index (χ1) is 14.8. The number of imidazole rings is 1. The summed E-state index contributed by atoms with van der Waals surface area (Å²) in [6, 6.07) is 12.1. The molecule has 0 atom stereocenters. The van der Waals surface area contributed by atoms with Crippen molar-refractivity contribution in [2.24, 2.45) is 0 Å². The number of rotatable bonds is 4. The number of para-hydroxylation sites is 1. The van der Waals surface area contributed by atoms with Gasteiger partial charge in [0.05, 0.1) is 23.2 Å². The van der Waals surface area contributed by atoms with Crippen molar-refractivity contribution >= 4 is 38.8 Å². The average molecular weight is 412 g/mol. The van der Waals surface area contributed by atoms with E-state index in [9.17, 15) is 5.11 Å². The fraction of sp³-hybridized carbons (Fsp3) is 0.250. The molecule has 4 aromatic heterocycles. The van der Waals surface area contributed by atoms with E-state index >= 15 is 0 Å². The van der Waals surface area contributed by atoms with E-state index in [0.29, 0.717) is 29.8 Å². The second-order valence-electron chi connectivity index (χ2n) is 8.48. The Labute approximate surface area is 179 Å². The normalized spacial score (nSPS) is 12.3. The van der Waals surface area contributed by atoms with Crippen molar-refractivity contribution in [3.05, 3.63) is 54.6 Å². The molecule has 31 heavy (non-hydrogen) atoms. The van der Waals surface area contributed by atoms with Gasteiger partial charge in [0.1, 0.15) is 22.4 Å². The van der Waals surface area contributed by atoms with Gasteiger partial charge in [0.2, 0.25) is 0 Å². The molecule has 7 nitrogen and oxygen atoms in total. The van der Waals surface area contributed by atoms with Crippen LogP contribution in [0, 0.1) is 0 Å². The monoisotopic (exact) mass is 412 g/mol. The Hall–Kier alpha value is -3.58. The van der Waals surface area contributed by atoms with Crippen LogP contribution in [0.15, 0.2) is 48.8 Å². The van der Waals surface area contributed by atoms with E-state index < -0.39 is 5.60 Å². The summed E-state index contributed by atoms with van der Waals surface area (Å²) >= 11 is 0. The lowest BCUT2D eigenvalue weighted by Gasteiger charge is -2.20. The summed E-state index contributed by atoms with van der Waals surface area (Å²) in [7, 11) is 0. The number of nitrogen functional groups attached to an aromatic ring is 1. The Morgan fingerprint density at radius 1 is 0.968 bits per heavy atom. The quantitative estimate of drug-likeness (QED) is 0.460. The minimum Gasteiger partial charge on any atom is -0.389 e. The van der Waals surface area contributed by atoms with Gasteiger partial charge >= 0.3 is 0 Å². The Bertz CT molecular complexity index is 1450. The van der Waals surface area contributed by atoms with Crippen molar-refractivity contribution < 1.29 is 5.11 Å². The molecule has 0 bridgehead atoms. The van der Waals surface area contributed by atoms with E-state index in [-0.39, 0.29) is 0 Å². The number of aliphatic hydroxyl groups is 1. The number of nitrogens with zero attached hydrogens (tertiary/aromatic N) is 5. The lowest BCUT2D eigenvalue weighted by molar-refractivity contribution is 0.0619. The predicted octanol–water partition coefficient (Wildman–Crippen LogP) is 4.11. The Kier molecular flexibility index (Phi) is 4.37. The predicted molar refractivity (Wildman–Crippen MR) is 124 cm³/mol. The number of hydrogen-bond donors (Lipinski definition) is 2. The topological polar surface area (TPSA) is 103 Å². The Morgan fingerprint density at radius 3 is 2.48 bits per heavy atom. The maximum atomic E-state index is 10.5. The molecule has 0 aliphatic rings. The van der Waals surface area contributed by atoms with Crippen LogP contribution in [-0.2, 0) is 13.0 Å². The highest BCUT2D eigenvalue weighted by atomic mass is 16.3. The summed E-state index contributed by atoms with van der Waals surface area (Å²) in [5.74, 6) is 1.21. The van der Waals surface area contributed by atoms with Gasteiger partial charge in [-0.3, -0.25) is 9.97 Å². The van der Waals surface area contributed by atoms with Crippen LogP contribution in [0.2, 0.25) is 0 Å². The molecule has 0 aliphatic heterocycles. The van der Waals surface area contributed by atoms with Crippen molar-refractivity contribution in [3.63, 3.8) is 0 Å². The van der Waals surface area contributed by atoms with Crippen molar-refractivity contribution in [1.29, 1.82) is 0 Å². The minimum absolute atomic E-state index is 0.363. The van der Waals surface area contributed by atoms with Gasteiger partial charge < -0.3 is 15.4 Å². The summed E-state index contributed by atoms with van der Waals surface area (Å²) in [5, 5.41) is 11.5. The molecule has 0 unspecified atom stereocenters. The first kappa shape index (κ1) is 19.4. The van der Waals surface area contributed by atoms with Gasteiger partial charge in [0.15, 0.2) is 5.82 Å². The lowest BCUT2D eigenvalue weighted by atomic mass is 10.1. The number of aryl methyl sites for hydroxylation is 1. The number of hydrogen-bond acceptors (Lipinski definition) is 6. The van der Waals surface area contributed by atoms with Gasteiger partial charge in [-0.15, -0.1) is 0 Å². The van der Waals surface area contributed by atoms with Gasteiger partial charge in [-0.05, 0) is 32.0 Å². The van der Waals surface area contributed by atoms with E-state index in [2.05, 4.69) is 16.0 Å². The molecule has 0 fully saturated rings. The molecule has 156 valence electrons. The van der Waals surface area contributed by atoms with Crippen LogP contribution in [0.1, 0.15) is 26.6 Å². The largest absolute Gasteiger partial charge is 0.389 e. The maximum Gasteiger partial charge on any atom is 0.152 e. The first-order valence-electron chi connectivity index (χ1n) is 10.4. The van der Waals surface area contributed by atoms with Crippen molar-refractivity contribution in [3.8, 4) is 11.1 Å². The number of pyridine rings is 3. The highest BCUT2D eigenvalue weighted by Gasteiger charge is 2.22. The van der Waals surface area contributed by atoms with Crippen LogP contribution in [0.4, 0.5) is 5.82 Å². The molecule has 0 amide bonds. The molecule has 4 heterocycles. The lowest BCUT2D eigenvalue weighted by Crippen LogP contribution is -2.27. The third kappa shape index (κ3) is 3.37. The highest BCUT2D eigenvalue weighted by molar-refractivity contribution is 6.05. The molecule has 0 saturated heterocycles. The molecule has 3 N–H and O–H groups in total. The number of anilines is 1. The maximum absolute atomic E-state index is 10.5. The summed E-state index contributed by atoms with van der Waals surface area (Å²) in [4.78, 5) is 18.6. The number of nitrogens with two attached hydrogens (primary N) is 1. The second-order valence-corrected chi connectivity index (χ2v) is 8.48. The molecule has 0 saturated carbocycles. The summed E-state index contributed by atoms with van der Waals surface area (Å²) < 4.78 is 2.01. The van der Waals surface area contributed by atoms with E-state index in [0.717, 1.165) is 38.9 Å². The van der Waals surface area contributed by atoms with Crippen LogP contribution < -0.4 is 5.73 Å². The molecular weight excluding hydrogens is 388 g/mol. The van der Waals surface area contributed by atoms with Crippen LogP contribution >= 0.6 is 0 Å². The van der Waals surface area contributed by atoms with Gasteiger partial charge in [0.25, 0.3) is 0 Å². The molecule has 5 rings (SSSR count). The standard InChI is InChI=1S/C24H24N6O/c1-4-19-29-21-22(30(19)13-24(2,3)31)20-18(28-23(21)25)10-16(12-27-20)15-9-14-7-5-6-8-17(14)26-11-15/h5-12,31H,4,13H2,1-3H3,(H2,25,28).